The molecule has 0 aromatic heterocycles. The van der Waals surface area contributed by atoms with Crippen LogP contribution in [-0.2, 0) is 13.0 Å². The number of piperidine rings is 1. The first-order valence-electron chi connectivity index (χ1n) is 6.69. The van der Waals surface area contributed by atoms with Gasteiger partial charge in [-0.1, -0.05) is 6.42 Å². The summed E-state index contributed by atoms with van der Waals surface area (Å²) in [6.07, 6.45) is 4.24. The number of nitrogens with one attached hydrogen (secondary N) is 1. The van der Waals surface area contributed by atoms with Crippen molar-refractivity contribution < 1.29 is 14.4 Å². The number of benzene rings is 1. The molecule has 2 N–H and O–H groups in total. The normalized spacial score (nSPS) is 22.5. The number of hydroxylamine groups is 1. The van der Waals surface area contributed by atoms with E-state index in [0.29, 0.717) is 12.6 Å². The minimum absolute atomic E-state index is 0.175. The maximum atomic E-state index is 14.1. The summed E-state index contributed by atoms with van der Waals surface area (Å²) in [6, 6.07) is 3.34. The van der Waals surface area contributed by atoms with Crippen LogP contribution in [0.25, 0.3) is 0 Å². The van der Waals surface area contributed by atoms with Gasteiger partial charge in [0.05, 0.1) is 0 Å². The summed E-state index contributed by atoms with van der Waals surface area (Å²) >= 11 is 0. The molecule has 1 aromatic rings. The summed E-state index contributed by atoms with van der Waals surface area (Å²) in [4.78, 5) is 13.8. The zero-order valence-corrected chi connectivity index (χ0v) is 10.7. The Morgan fingerprint density at radius 2 is 2.26 bits per heavy atom. The van der Waals surface area contributed by atoms with Crippen LogP contribution in [-0.4, -0.2) is 28.6 Å². The van der Waals surface area contributed by atoms with Gasteiger partial charge in [0.15, 0.2) is 0 Å². The summed E-state index contributed by atoms with van der Waals surface area (Å²) in [7, 11) is 0. The molecule has 1 atom stereocenters. The van der Waals surface area contributed by atoms with Crippen molar-refractivity contribution in [2.24, 2.45) is 0 Å². The highest BCUT2D eigenvalue weighted by Gasteiger charge is 2.30. The van der Waals surface area contributed by atoms with Gasteiger partial charge in [-0.2, -0.15) is 0 Å². The van der Waals surface area contributed by atoms with Crippen molar-refractivity contribution in [1.29, 1.82) is 0 Å². The molecule has 5 heteroatoms. The van der Waals surface area contributed by atoms with Crippen molar-refractivity contribution in [3.8, 4) is 0 Å². The third kappa shape index (κ3) is 2.24. The number of halogens is 1. The quantitative estimate of drug-likeness (QED) is 0.601. The first-order chi connectivity index (χ1) is 9.19. The highest BCUT2D eigenvalue weighted by atomic mass is 19.1. The van der Waals surface area contributed by atoms with Crippen molar-refractivity contribution in [2.75, 3.05) is 6.54 Å². The summed E-state index contributed by atoms with van der Waals surface area (Å²) in [6.45, 7) is 1.74. The van der Waals surface area contributed by atoms with Gasteiger partial charge in [-0.3, -0.25) is 14.9 Å². The van der Waals surface area contributed by atoms with Gasteiger partial charge < -0.3 is 0 Å². The van der Waals surface area contributed by atoms with Crippen LogP contribution in [0.15, 0.2) is 12.1 Å². The Balaban J connectivity index is 1.96. The van der Waals surface area contributed by atoms with E-state index in [1.54, 1.807) is 11.5 Å². The van der Waals surface area contributed by atoms with E-state index >= 15 is 0 Å². The maximum absolute atomic E-state index is 14.1. The second-order valence-corrected chi connectivity index (χ2v) is 5.36. The van der Waals surface area contributed by atoms with E-state index in [1.165, 1.54) is 18.9 Å². The Morgan fingerprint density at radius 3 is 3.05 bits per heavy atom. The van der Waals surface area contributed by atoms with Crippen molar-refractivity contribution in [3.63, 3.8) is 0 Å². The number of hydrogen-bond acceptors (Lipinski definition) is 3. The van der Waals surface area contributed by atoms with E-state index in [-0.39, 0.29) is 11.4 Å². The third-order valence-electron chi connectivity index (χ3n) is 4.21. The number of hydrogen-bond donors (Lipinski definition) is 2. The predicted octanol–water partition coefficient (Wildman–Crippen LogP) is 1.86. The molecule has 102 valence electrons. The number of carbonyl (C=O) groups is 1. The molecule has 1 aromatic carbocycles. The van der Waals surface area contributed by atoms with E-state index in [0.717, 1.165) is 30.5 Å². The maximum Gasteiger partial charge on any atom is 0.274 e. The molecular weight excluding hydrogens is 247 g/mol. The Morgan fingerprint density at radius 1 is 1.42 bits per heavy atom. The zero-order valence-electron chi connectivity index (χ0n) is 10.7. The second kappa shape index (κ2) is 4.90. The number of rotatable bonds is 1. The van der Waals surface area contributed by atoms with Gasteiger partial charge >= 0.3 is 0 Å². The van der Waals surface area contributed by atoms with Gasteiger partial charge in [0.2, 0.25) is 0 Å². The van der Waals surface area contributed by atoms with Crippen LogP contribution in [0.3, 0.4) is 0 Å². The molecule has 0 radical (unpaired) electrons. The second-order valence-electron chi connectivity index (χ2n) is 5.36. The molecule has 0 saturated carbocycles. The van der Waals surface area contributed by atoms with Crippen LogP contribution < -0.4 is 5.48 Å². The standard InChI is InChI=1S/C14H17FN2O2/c15-13-6-9(14(18)16-19)5-10-8-17-4-2-1-3-11(17)7-12(10)13/h5-6,11,19H,1-4,7-8H2,(H,16,18)/t11-/m0/s1. The lowest BCUT2D eigenvalue weighted by molar-refractivity contribution is 0.0705. The minimum Gasteiger partial charge on any atom is -0.296 e. The average molecular weight is 264 g/mol. The molecule has 0 spiro atoms. The Bertz CT molecular complexity index is 518. The van der Waals surface area contributed by atoms with E-state index in [4.69, 9.17) is 5.21 Å². The predicted molar refractivity (Wildman–Crippen MR) is 67.4 cm³/mol. The Hall–Kier alpha value is -1.46. The van der Waals surface area contributed by atoms with Crippen LogP contribution in [0.1, 0.15) is 40.7 Å². The van der Waals surface area contributed by atoms with E-state index in [2.05, 4.69) is 4.90 Å². The summed E-state index contributed by atoms with van der Waals surface area (Å²) in [5.74, 6) is -0.996. The molecule has 3 rings (SSSR count). The number of fused-ring (bicyclic) bond motifs is 2. The van der Waals surface area contributed by atoms with Crippen LogP contribution in [0, 0.1) is 5.82 Å². The zero-order chi connectivity index (χ0) is 13.4. The van der Waals surface area contributed by atoms with Gasteiger partial charge in [-0.15, -0.1) is 0 Å². The fraction of sp³-hybridized carbons (Fsp3) is 0.500. The number of nitrogens with zero attached hydrogens (tertiary/aromatic N) is 1. The molecule has 1 fully saturated rings. The molecule has 1 amide bonds. The molecule has 19 heavy (non-hydrogen) atoms. The third-order valence-corrected chi connectivity index (χ3v) is 4.21. The fourth-order valence-corrected chi connectivity index (χ4v) is 3.21. The van der Waals surface area contributed by atoms with Gasteiger partial charge in [0, 0.05) is 18.2 Å². The Labute approximate surface area is 111 Å². The van der Waals surface area contributed by atoms with Crippen LogP contribution >= 0.6 is 0 Å². The highest BCUT2D eigenvalue weighted by Crippen LogP contribution is 2.31. The highest BCUT2D eigenvalue weighted by molar-refractivity contribution is 5.93. The molecule has 2 aliphatic rings. The molecule has 4 nitrogen and oxygen atoms in total. The molecule has 2 aliphatic heterocycles. The van der Waals surface area contributed by atoms with Crippen LogP contribution in [0.5, 0.6) is 0 Å². The lowest BCUT2D eigenvalue weighted by Gasteiger charge is -2.40. The van der Waals surface area contributed by atoms with E-state index in [1.807, 2.05) is 0 Å². The smallest absolute Gasteiger partial charge is 0.274 e. The molecule has 0 unspecified atom stereocenters. The van der Waals surface area contributed by atoms with E-state index < -0.39 is 5.91 Å². The Kier molecular flexibility index (Phi) is 3.24. The first-order valence-corrected chi connectivity index (χ1v) is 6.69. The largest absolute Gasteiger partial charge is 0.296 e. The molecule has 1 saturated heterocycles. The van der Waals surface area contributed by atoms with Crippen LogP contribution in [0.4, 0.5) is 4.39 Å². The molecular formula is C14H17FN2O2. The summed E-state index contributed by atoms with van der Waals surface area (Å²) < 4.78 is 14.1. The van der Waals surface area contributed by atoms with Gasteiger partial charge in [0.25, 0.3) is 5.91 Å². The van der Waals surface area contributed by atoms with E-state index in [9.17, 15) is 9.18 Å². The first kappa shape index (κ1) is 12.6. The lowest BCUT2D eigenvalue weighted by Crippen LogP contribution is -2.43. The molecule has 0 aliphatic carbocycles. The number of amides is 1. The summed E-state index contributed by atoms with van der Waals surface area (Å²) in [5, 5.41) is 8.64. The lowest BCUT2D eigenvalue weighted by atomic mass is 9.87. The minimum atomic E-state index is -0.664. The van der Waals surface area contributed by atoms with Gasteiger partial charge in [-0.25, -0.2) is 9.87 Å². The molecule has 2 heterocycles. The monoisotopic (exact) mass is 264 g/mol. The van der Waals surface area contributed by atoms with Gasteiger partial charge in [-0.05, 0) is 49.1 Å². The van der Waals surface area contributed by atoms with Crippen LogP contribution in [0.2, 0.25) is 0 Å². The van der Waals surface area contributed by atoms with Gasteiger partial charge in [0.1, 0.15) is 5.82 Å². The average Bonchev–Trinajstić information content (AvgIpc) is 2.44. The fourth-order valence-electron chi connectivity index (χ4n) is 3.21. The van der Waals surface area contributed by atoms with Crippen molar-refractivity contribution >= 4 is 5.91 Å². The topological polar surface area (TPSA) is 52.6 Å². The number of carbonyl (C=O) groups excluding carboxylic acids is 1. The van der Waals surface area contributed by atoms with Crippen molar-refractivity contribution in [2.45, 2.75) is 38.3 Å². The molecule has 0 bridgehead atoms. The summed E-state index contributed by atoms with van der Waals surface area (Å²) in [5.41, 5.74) is 3.33. The van der Waals surface area contributed by atoms with Crippen molar-refractivity contribution in [1.82, 2.24) is 10.4 Å². The SMILES string of the molecule is O=C(NO)c1cc(F)c2c(c1)CN1CCCC[C@H]1C2. The van der Waals surface area contributed by atoms with Crippen molar-refractivity contribution in [3.05, 3.63) is 34.6 Å².